The molecule has 2 aliphatic rings. The highest BCUT2D eigenvalue weighted by atomic mass is 16.5. The van der Waals surface area contributed by atoms with E-state index in [4.69, 9.17) is 9.72 Å². The lowest BCUT2D eigenvalue weighted by Crippen LogP contribution is -2.56. The summed E-state index contributed by atoms with van der Waals surface area (Å²) in [6, 6.07) is 8.54. The molecule has 0 spiro atoms. The average molecular weight is 489 g/mol. The minimum atomic E-state index is -0.170. The molecule has 2 aromatic heterocycles. The Bertz CT molecular complexity index is 1220. The summed E-state index contributed by atoms with van der Waals surface area (Å²) in [7, 11) is 1.88. The number of aromatic nitrogens is 4. The molecule has 190 valence electrons. The zero-order valence-corrected chi connectivity index (χ0v) is 21.7. The molecule has 0 bridgehead atoms. The van der Waals surface area contributed by atoms with Gasteiger partial charge in [-0.1, -0.05) is 18.6 Å². The molecule has 1 aliphatic heterocycles. The first-order chi connectivity index (χ1) is 17.2. The molecule has 1 amide bonds. The Kier molecular flexibility index (Phi) is 6.79. The van der Waals surface area contributed by atoms with Crippen LogP contribution in [0, 0.1) is 0 Å². The maximum Gasteiger partial charge on any atom is 0.227 e. The first kappa shape index (κ1) is 24.4. The zero-order valence-electron chi connectivity index (χ0n) is 21.7. The molecular weight excluding hydrogens is 452 g/mol. The van der Waals surface area contributed by atoms with Crippen molar-refractivity contribution in [2.24, 2.45) is 7.05 Å². The molecule has 1 atom stereocenters. The van der Waals surface area contributed by atoms with E-state index in [-0.39, 0.29) is 23.5 Å². The maximum absolute atomic E-state index is 13.0. The van der Waals surface area contributed by atoms with Gasteiger partial charge in [0, 0.05) is 44.5 Å². The van der Waals surface area contributed by atoms with Crippen LogP contribution in [0.15, 0.2) is 42.9 Å². The number of benzene rings is 1. The first-order valence-electron chi connectivity index (χ1n) is 12.9. The van der Waals surface area contributed by atoms with Gasteiger partial charge in [-0.2, -0.15) is 5.10 Å². The molecule has 3 heterocycles. The SMILES string of the molecule is Cn1cc(Nc2nccc(-c3ccc4c(c3)CCCCC4CC(=O)N3CC(OC(C)(C)C)C3)n2)cn1. The van der Waals surface area contributed by atoms with Crippen LogP contribution in [0.4, 0.5) is 11.6 Å². The molecule has 1 saturated heterocycles. The topological polar surface area (TPSA) is 85.2 Å². The Balaban J connectivity index is 1.28. The average Bonchev–Trinajstić information content (AvgIpc) is 3.10. The molecule has 8 heteroatoms. The van der Waals surface area contributed by atoms with Gasteiger partial charge in [-0.3, -0.25) is 9.48 Å². The van der Waals surface area contributed by atoms with E-state index in [1.165, 1.54) is 11.1 Å². The predicted octanol–water partition coefficient (Wildman–Crippen LogP) is 4.85. The van der Waals surface area contributed by atoms with Crippen LogP contribution in [-0.4, -0.2) is 55.4 Å². The van der Waals surface area contributed by atoms with Crippen molar-refractivity contribution in [3.63, 3.8) is 0 Å². The molecule has 1 fully saturated rings. The summed E-state index contributed by atoms with van der Waals surface area (Å²) in [6.45, 7) is 7.60. The van der Waals surface area contributed by atoms with Crippen LogP contribution < -0.4 is 5.32 Å². The molecule has 1 N–H and O–H groups in total. The van der Waals surface area contributed by atoms with E-state index in [2.05, 4.69) is 54.4 Å². The summed E-state index contributed by atoms with van der Waals surface area (Å²) >= 11 is 0. The summed E-state index contributed by atoms with van der Waals surface area (Å²) in [5, 5.41) is 7.40. The number of likely N-dealkylation sites (tertiary alicyclic amines) is 1. The van der Waals surface area contributed by atoms with Crippen LogP contribution >= 0.6 is 0 Å². The molecule has 5 rings (SSSR count). The quantitative estimate of drug-likeness (QED) is 0.500. The van der Waals surface area contributed by atoms with Crippen LogP contribution in [-0.2, 0) is 23.0 Å². The van der Waals surface area contributed by atoms with Gasteiger partial charge >= 0.3 is 0 Å². The standard InChI is InChI=1S/C28H36N6O2/c1-28(2,3)36-23-17-34(18-23)26(35)14-20-8-6-5-7-19-13-21(9-10-24(19)20)25-11-12-29-27(32-25)31-22-15-30-33(4)16-22/h9-13,15-16,20,23H,5-8,14,17-18H2,1-4H3,(H,29,31,32). The van der Waals surface area contributed by atoms with Gasteiger partial charge in [-0.25, -0.2) is 9.97 Å². The number of carbonyl (C=O) groups excluding carboxylic acids is 1. The van der Waals surface area contributed by atoms with E-state index in [1.807, 2.05) is 24.2 Å². The van der Waals surface area contributed by atoms with Crippen LogP contribution in [0.2, 0.25) is 0 Å². The lowest BCUT2D eigenvalue weighted by Gasteiger charge is -2.42. The number of nitrogens with zero attached hydrogens (tertiary/aromatic N) is 5. The minimum Gasteiger partial charge on any atom is -0.369 e. The molecule has 0 saturated carbocycles. The number of anilines is 2. The van der Waals surface area contributed by atoms with Crippen molar-refractivity contribution in [2.45, 2.75) is 70.5 Å². The molecule has 1 aliphatic carbocycles. The van der Waals surface area contributed by atoms with E-state index in [9.17, 15) is 4.79 Å². The summed E-state index contributed by atoms with van der Waals surface area (Å²) in [6.07, 6.45) is 10.5. The van der Waals surface area contributed by atoms with Crippen LogP contribution in [0.1, 0.15) is 63.5 Å². The fourth-order valence-electron chi connectivity index (χ4n) is 5.20. The van der Waals surface area contributed by atoms with E-state index < -0.39 is 0 Å². The fourth-order valence-corrected chi connectivity index (χ4v) is 5.20. The second-order valence-corrected chi connectivity index (χ2v) is 11.0. The number of aryl methyl sites for hydroxylation is 2. The van der Waals surface area contributed by atoms with Gasteiger partial charge in [0.05, 0.1) is 29.3 Å². The maximum atomic E-state index is 13.0. The number of amides is 1. The van der Waals surface area contributed by atoms with Crippen molar-refractivity contribution in [2.75, 3.05) is 18.4 Å². The number of hydrogen-bond acceptors (Lipinski definition) is 6. The van der Waals surface area contributed by atoms with Gasteiger partial charge in [0.25, 0.3) is 0 Å². The highest BCUT2D eigenvalue weighted by Gasteiger charge is 2.35. The van der Waals surface area contributed by atoms with E-state index >= 15 is 0 Å². The smallest absolute Gasteiger partial charge is 0.227 e. The van der Waals surface area contributed by atoms with Crippen molar-refractivity contribution in [1.29, 1.82) is 0 Å². The number of ether oxygens (including phenoxy) is 1. The van der Waals surface area contributed by atoms with Crippen molar-refractivity contribution in [3.05, 3.63) is 54.0 Å². The van der Waals surface area contributed by atoms with E-state index in [0.29, 0.717) is 25.5 Å². The molecule has 1 aromatic carbocycles. The Morgan fingerprint density at radius 1 is 1.19 bits per heavy atom. The molecule has 1 unspecified atom stereocenters. The van der Waals surface area contributed by atoms with Crippen molar-refractivity contribution in [3.8, 4) is 11.3 Å². The highest BCUT2D eigenvalue weighted by molar-refractivity contribution is 5.78. The Hall–Kier alpha value is -3.26. The largest absolute Gasteiger partial charge is 0.369 e. The van der Waals surface area contributed by atoms with Crippen molar-refractivity contribution in [1.82, 2.24) is 24.6 Å². The molecule has 0 radical (unpaired) electrons. The van der Waals surface area contributed by atoms with Gasteiger partial charge < -0.3 is 15.0 Å². The Labute approximate surface area is 213 Å². The number of nitrogens with one attached hydrogen (secondary N) is 1. The summed E-state index contributed by atoms with van der Waals surface area (Å²) < 4.78 is 7.74. The van der Waals surface area contributed by atoms with Gasteiger partial charge in [-0.15, -0.1) is 0 Å². The Morgan fingerprint density at radius 2 is 2.03 bits per heavy atom. The van der Waals surface area contributed by atoms with Gasteiger partial charge in [0.2, 0.25) is 11.9 Å². The van der Waals surface area contributed by atoms with Crippen molar-refractivity contribution >= 4 is 17.5 Å². The third-order valence-corrected chi connectivity index (χ3v) is 6.89. The third-order valence-electron chi connectivity index (χ3n) is 6.89. The van der Waals surface area contributed by atoms with Gasteiger partial charge in [0.1, 0.15) is 0 Å². The summed E-state index contributed by atoms with van der Waals surface area (Å²) in [5.41, 5.74) is 5.28. The van der Waals surface area contributed by atoms with Crippen molar-refractivity contribution < 1.29 is 9.53 Å². The second-order valence-electron chi connectivity index (χ2n) is 11.0. The van der Waals surface area contributed by atoms with E-state index in [1.54, 1.807) is 17.1 Å². The number of hydrogen-bond donors (Lipinski definition) is 1. The highest BCUT2D eigenvalue weighted by Crippen LogP contribution is 2.36. The Morgan fingerprint density at radius 3 is 2.78 bits per heavy atom. The predicted molar refractivity (Wildman–Crippen MR) is 140 cm³/mol. The third kappa shape index (κ3) is 5.75. The van der Waals surface area contributed by atoms with Crippen LogP contribution in [0.25, 0.3) is 11.3 Å². The normalized spacial score (nSPS) is 18.3. The molecule has 8 nitrogen and oxygen atoms in total. The second kappa shape index (κ2) is 10.0. The minimum absolute atomic E-state index is 0.156. The lowest BCUT2D eigenvalue weighted by molar-refractivity contribution is -0.157. The monoisotopic (exact) mass is 488 g/mol. The van der Waals surface area contributed by atoms with Crippen LogP contribution in [0.3, 0.4) is 0 Å². The van der Waals surface area contributed by atoms with Gasteiger partial charge in [0.15, 0.2) is 0 Å². The number of carbonyl (C=O) groups is 1. The number of rotatable bonds is 6. The summed E-state index contributed by atoms with van der Waals surface area (Å²) in [5.74, 6) is 1.05. The molecule has 36 heavy (non-hydrogen) atoms. The summed E-state index contributed by atoms with van der Waals surface area (Å²) in [4.78, 5) is 24.1. The molecule has 3 aromatic rings. The van der Waals surface area contributed by atoms with Crippen LogP contribution in [0.5, 0.6) is 0 Å². The van der Waals surface area contributed by atoms with Gasteiger partial charge in [-0.05, 0) is 69.2 Å². The lowest BCUT2D eigenvalue weighted by atomic mass is 9.88. The molecular formula is C28H36N6O2. The van der Waals surface area contributed by atoms with E-state index in [0.717, 1.165) is 42.6 Å². The number of fused-ring (bicyclic) bond motifs is 1. The zero-order chi connectivity index (χ0) is 25.3. The fraction of sp³-hybridized carbons (Fsp3) is 0.500. The first-order valence-corrected chi connectivity index (χ1v) is 12.9.